The number of hydrogen-bond acceptors (Lipinski definition) is 5. The second kappa shape index (κ2) is 10.2. The van der Waals surface area contributed by atoms with Crippen molar-refractivity contribution in [2.75, 3.05) is 6.61 Å². The maximum atomic E-state index is 14.7. The molecule has 5 rings (SSSR count). The Morgan fingerprint density at radius 1 is 1.08 bits per heavy atom. The molecule has 38 heavy (non-hydrogen) atoms. The molecule has 0 saturated carbocycles. The first kappa shape index (κ1) is 25.8. The van der Waals surface area contributed by atoms with Crippen LogP contribution >= 0.6 is 23.2 Å². The summed E-state index contributed by atoms with van der Waals surface area (Å²) in [5, 5.41) is 0.600. The molecule has 0 N–H and O–H groups in total. The Morgan fingerprint density at radius 2 is 1.84 bits per heavy atom. The highest BCUT2D eigenvalue weighted by Crippen LogP contribution is 2.41. The molecule has 0 spiro atoms. The van der Waals surface area contributed by atoms with E-state index in [1.807, 2.05) is 0 Å². The van der Waals surface area contributed by atoms with E-state index in [9.17, 15) is 18.0 Å². The van der Waals surface area contributed by atoms with Crippen LogP contribution in [0.1, 0.15) is 34.3 Å². The van der Waals surface area contributed by atoms with Crippen LogP contribution < -0.4 is 4.74 Å². The van der Waals surface area contributed by atoms with Crippen LogP contribution in [0.2, 0.25) is 10.0 Å². The van der Waals surface area contributed by atoms with Gasteiger partial charge >= 0.3 is 6.18 Å². The summed E-state index contributed by atoms with van der Waals surface area (Å²) in [7, 11) is 0. The van der Waals surface area contributed by atoms with Crippen LogP contribution in [-0.2, 0) is 12.7 Å². The van der Waals surface area contributed by atoms with Crippen LogP contribution in [0.5, 0.6) is 5.75 Å². The van der Waals surface area contributed by atoms with Crippen LogP contribution in [0.4, 0.5) is 13.2 Å². The van der Waals surface area contributed by atoms with Crippen LogP contribution in [0.3, 0.4) is 0 Å². The third-order valence-electron chi connectivity index (χ3n) is 5.84. The molecule has 0 amide bonds. The Balaban J connectivity index is 1.73. The van der Waals surface area contributed by atoms with Gasteiger partial charge in [-0.25, -0.2) is 4.98 Å². The van der Waals surface area contributed by atoms with E-state index in [4.69, 9.17) is 32.4 Å². The highest BCUT2D eigenvalue weighted by Gasteiger charge is 2.42. The van der Waals surface area contributed by atoms with Gasteiger partial charge in [-0.15, -0.1) is 0 Å². The lowest BCUT2D eigenvalue weighted by atomic mass is 10.0. The largest absolute Gasteiger partial charge is 0.494 e. The van der Waals surface area contributed by atoms with E-state index in [0.717, 1.165) is 10.8 Å². The number of ether oxygens (including phenoxy) is 1. The molecule has 6 nitrogen and oxygen atoms in total. The van der Waals surface area contributed by atoms with Crippen LogP contribution in [-0.4, -0.2) is 26.9 Å². The number of ketones is 1. The lowest BCUT2D eigenvalue weighted by Gasteiger charge is -2.15. The van der Waals surface area contributed by atoms with Crippen LogP contribution in [0.25, 0.3) is 22.4 Å². The number of carbonyl (C=O) groups excluding carboxylic acids is 1. The molecule has 0 fully saturated rings. The smallest absolute Gasteiger partial charge is 0.432 e. The number of hydrogen-bond donors (Lipinski definition) is 0. The van der Waals surface area contributed by atoms with Crippen molar-refractivity contribution in [3.63, 3.8) is 0 Å². The topological polar surface area (TPSA) is 70.2 Å². The minimum Gasteiger partial charge on any atom is -0.494 e. The van der Waals surface area contributed by atoms with Crippen LogP contribution in [0.15, 0.2) is 71.5 Å². The molecule has 3 aromatic heterocycles. The van der Waals surface area contributed by atoms with Gasteiger partial charge in [-0.05, 0) is 55.0 Å². The van der Waals surface area contributed by atoms with Crippen molar-refractivity contribution in [2.24, 2.45) is 0 Å². The van der Waals surface area contributed by atoms with Gasteiger partial charge < -0.3 is 13.7 Å². The zero-order valence-corrected chi connectivity index (χ0v) is 21.2. The summed E-state index contributed by atoms with van der Waals surface area (Å²) in [5.74, 6) is -0.909. The average molecular weight is 560 g/mol. The van der Waals surface area contributed by atoms with Crippen molar-refractivity contribution in [1.29, 1.82) is 0 Å². The Hall–Kier alpha value is -3.82. The second-order valence-corrected chi connectivity index (χ2v) is 9.09. The molecule has 2 aromatic carbocycles. The average Bonchev–Trinajstić information content (AvgIpc) is 3.49. The van der Waals surface area contributed by atoms with E-state index >= 15 is 0 Å². The monoisotopic (exact) mass is 559 g/mol. The Labute approximate surface area is 224 Å². The number of halogens is 5. The summed E-state index contributed by atoms with van der Waals surface area (Å²) in [5.41, 5.74) is -0.626. The van der Waals surface area contributed by atoms with E-state index < -0.39 is 23.2 Å². The SMILES string of the molecule is CCOc1ccc2c(c1)c(C(=O)c1cnc(-c3ccncc3)o1)c(C(F)(F)F)n2Cc1ccc(Cl)cc1Cl. The van der Waals surface area contributed by atoms with Crippen molar-refractivity contribution in [3.8, 4) is 17.2 Å². The number of pyridine rings is 1. The minimum absolute atomic E-state index is 0.0558. The Bertz CT molecular complexity index is 1650. The first-order valence-corrected chi connectivity index (χ1v) is 12.1. The molecule has 194 valence electrons. The second-order valence-electron chi connectivity index (χ2n) is 8.25. The van der Waals surface area contributed by atoms with Crippen LogP contribution in [0, 0.1) is 0 Å². The van der Waals surface area contributed by atoms with Gasteiger partial charge in [0, 0.05) is 45.5 Å². The number of fused-ring (bicyclic) bond motifs is 1. The summed E-state index contributed by atoms with van der Waals surface area (Å²) in [6.07, 6.45) is -0.770. The minimum atomic E-state index is -4.90. The molecular weight excluding hydrogens is 542 g/mol. The fourth-order valence-electron chi connectivity index (χ4n) is 4.23. The molecule has 5 aromatic rings. The predicted molar refractivity (Wildman–Crippen MR) is 137 cm³/mol. The Kier molecular flexibility index (Phi) is 6.90. The van der Waals surface area contributed by atoms with Crippen molar-refractivity contribution < 1.29 is 27.1 Å². The molecule has 0 radical (unpaired) electrons. The molecule has 3 heterocycles. The van der Waals surface area contributed by atoms with Gasteiger partial charge in [-0.3, -0.25) is 9.78 Å². The zero-order chi connectivity index (χ0) is 27.0. The number of alkyl halides is 3. The van der Waals surface area contributed by atoms with Gasteiger partial charge in [0.2, 0.25) is 11.7 Å². The number of nitrogens with zero attached hydrogens (tertiary/aromatic N) is 3. The highest BCUT2D eigenvalue weighted by atomic mass is 35.5. The molecule has 11 heteroatoms. The molecule has 0 aliphatic heterocycles. The normalized spacial score (nSPS) is 11.7. The van der Waals surface area contributed by atoms with E-state index in [2.05, 4.69) is 9.97 Å². The fraction of sp³-hybridized carbons (Fsp3) is 0.148. The lowest BCUT2D eigenvalue weighted by molar-refractivity contribution is -0.143. The first-order chi connectivity index (χ1) is 18.2. The van der Waals surface area contributed by atoms with E-state index in [1.165, 1.54) is 36.7 Å². The lowest BCUT2D eigenvalue weighted by Crippen LogP contribution is -2.18. The van der Waals surface area contributed by atoms with Gasteiger partial charge in [0.05, 0.1) is 18.4 Å². The molecule has 0 saturated heterocycles. The van der Waals surface area contributed by atoms with Gasteiger partial charge in [-0.2, -0.15) is 13.2 Å². The summed E-state index contributed by atoms with van der Waals surface area (Å²) >= 11 is 12.3. The van der Waals surface area contributed by atoms with Gasteiger partial charge in [0.15, 0.2) is 5.76 Å². The number of aromatic nitrogens is 3. The van der Waals surface area contributed by atoms with E-state index in [1.54, 1.807) is 31.2 Å². The fourth-order valence-corrected chi connectivity index (χ4v) is 4.70. The molecule has 0 aliphatic rings. The standard InChI is InChI=1S/C27H18Cl2F3N3O3/c1-2-37-18-5-6-21-19(12-18)23(24(36)22-13-34-26(38-22)15-7-9-33-10-8-15)25(27(30,31)32)35(21)14-16-3-4-17(28)11-20(16)29/h3-13H,2,14H2,1H3. The highest BCUT2D eigenvalue weighted by molar-refractivity contribution is 6.35. The Morgan fingerprint density at radius 3 is 2.53 bits per heavy atom. The maximum absolute atomic E-state index is 14.7. The van der Waals surface area contributed by atoms with Gasteiger partial charge in [0.25, 0.3) is 0 Å². The van der Waals surface area contributed by atoms with E-state index in [0.29, 0.717) is 28.5 Å². The molecule has 0 unspecified atom stereocenters. The summed E-state index contributed by atoms with van der Waals surface area (Å²) in [4.78, 5) is 21.7. The van der Waals surface area contributed by atoms with Crippen molar-refractivity contribution in [1.82, 2.24) is 14.5 Å². The molecule has 0 aliphatic carbocycles. The summed E-state index contributed by atoms with van der Waals surface area (Å²) in [6, 6.07) is 12.2. The molecular formula is C27H18Cl2F3N3O3. The third-order valence-corrected chi connectivity index (χ3v) is 6.43. The predicted octanol–water partition coefficient (Wildman–Crippen LogP) is 7.69. The van der Waals surface area contributed by atoms with Crippen molar-refractivity contribution in [2.45, 2.75) is 19.6 Å². The quantitative estimate of drug-likeness (QED) is 0.191. The van der Waals surface area contributed by atoms with Gasteiger partial charge in [-0.1, -0.05) is 29.3 Å². The first-order valence-electron chi connectivity index (χ1n) is 11.4. The molecule has 0 atom stereocenters. The van der Waals surface area contributed by atoms with Gasteiger partial charge in [0.1, 0.15) is 11.4 Å². The van der Waals surface area contributed by atoms with E-state index in [-0.39, 0.29) is 34.1 Å². The zero-order valence-electron chi connectivity index (χ0n) is 19.7. The summed E-state index contributed by atoms with van der Waals surface area (Å²) in [6.45, 7) is 1.78. The number of rotatable bonds is 7. The maximum Gasteiger partial charge on any atom is 0.432 e. The van der Waals surface area contributed by atoms with Crippen molar-refractivity contribution in [3.05, 3.63) is 99.7 Å². The summed E-state index contributed by atoms with van der Waals surface area (Å²) < 4.78 is 56.2. The third kappa shape index (κ3) is 4.87. The number of carbonyl (C=O) groups is 1. The number of oxazole rings is 1. The molecule has 0 bridgehead atoms. The van der Waals surface area contributed by atoms with Crippen molar-refractivity contribution >= 4 is 39.9 Å². The number of benzene rings is 2.